The summed E-state index contributed by atoms with van der Waals surface area (Å²) in [5.41, 5.74) is 0.181. The molecule has 1 amide bonds. The van der Waals surface area contributed by atoms with E-state index in [0.717, 1.165) is 32.2 Å². The maximum absolute atomic E-state index is 13.6. The number of carbonyl (C=O) groups is 2. The van der Waals surface area contributed by atoms with Gasteiger partial charge >= 0.3 is 0 Å². The maximum Gasteiger partial charge on any atom is 0.238 e. The number of carbonyl (C=O) groups excluding carboxylic acids is 2. The van der Waals surface area contributed by atoms with Crippen molar-refractivity contribution in [2.45, 2.75) is 12.8 Å². The number of piperidine rings is 1. The van der Waals surface area contributed by atoms with Gasteiger partial charge in [-0.2, -0.15) is 0 Å². The summed E-state index contributed by atoms with van der Waals surface area (Å²) in [6, 6.07) is 4.51. The molecule has 1 aliphatic rings. The zero-order chi connectivity index (χ0) is 14.5. The Kier molecular flexibility index (Phi) is 5.25. The molecule has 0 atom stereocenters. The van der Waals surface area contributed by atoms with Crippen LogP contribution in [0.3, 0.4) is 0 Å². The van der Waals surface area contributed by atoms with Crippen LogP contribution in [0.2, 0.25) is 0 Å². The van der Waals surface area contributed by atoms with Gasteiger partial charge in [-0.05, 0) is 44.1 Å². The van der Waals surface area contributed by atoms with Crippen molar-refractivity contribution in [3.05, 3.63) is 28.5 Å². The van der Waals surface area contributed by atoms with E-state index in [0.29, 0.717) is 4.47 Å². The Bertz CT molecular complexity index is 502. The number of nitrogens with one attached hydrogen (secondary N) is 1. The lowest BCUT2D eigenvalue weighted by molar-refractivity contribution is -0.117. The van der Waals surface area contributed by atoms with E-state index in [1.165, 1.54) is 12.1 Å². The fourth-order valence-electron chi connectivity index (χ4n) is 2.23. The summed E-state index contributed by atoms with van der Waals surface area (Å²) in [5.74, 6) is -0.596. The maximum atomic E-state index is 13.6. The first-order valence-electron chi connectivity index (χ1n) is 6.51. The molecule has 0 aromatic heterocycles. The highest BCUT2D eigenvalue weighted by Gasteiger charge is 2.20. The van der Waals surface area contributed by atoms with Crippen LogP contribution in [0.15, 0.2) is 22.7 Å². The second-order valence-electron chi connectivity index (χ2n) is 4.92. The molecular formula is C14H16BrFN2O2. The summed E-state index contributed by atoms with van der Waals surface area (Å²) in [6.45, 7) is 1.67. The van der Waals surface area contributed by atoms with Gasteiger partial charge in [-0.1, -0.05) is 15.9 Å². The minimum absolute atomic E-state index is 0.109. The number of likely N-dealkylation sites (tertiary alicyclic amines) is 1. The van der Waals surface area contributed by atoms with Crippen LogP contribution in [0, 0.1) is 11.7 Å². The Hall–Kier alpha value is -1.27. The number of rotatable bonds is 4. The molecule has 2 rings (SSSR count). The second kappa shape index (κ2) is 6.95. The number of hydrogen-bond donors (Lipinski definition) is 1. The van der Waals surface area contributed by atoms with E-state index in [9.17, 15) is 14.0 Å². The van der Waals surface area contributed by atoms with Crippen LogP contribution in [-0.2, 0) is 9.59 Å². The minimum Gasteiger partial charge on any atom is -0.322 e. The molecule has 0 saturated carbocycles. The molecule has 4 nitrogen and oxygen atoms in total. The molecule has 20 heavy (non-hydrogen) atoms. The van der Waals surface area contributed by atoms with Crippen LogP contribution in [0.1, 0.15) is 12.8 Å². The van der Waals surface area contributed by atoms with E-state index in [-0.39, 0.29) is 24.1 Å². The van der Waals surface area contributed by atoms with Gasteiger partial charge in [-0.25, -0.2) is 4.39 Å². The highest BCUT2D eigenvalue weighted by molar-refractivity contribution is 9.10. The summed E-state index contributed by atoms with van der Waals surface area (Å²) in [7, 11) is 0. The lowest BCUT2D eigenvalue weighted by atomic mass is 9.99. The fourth-order valence-corrected chi connectivity index (χ4v) is 2.56. The minimum atomic E-state index is -0.465. The highest BCUT2D eigenvalue weighted by Crippen LogP contribution is 2.19. The van der Waals surface area contributed by atoms with Gasteiger partial charge in [-0.3, -0.25) is 9.69 Å². The SMILES string of the molecule is O=CC1CCN(CC(=O)Nc2ccc(Br)cc2F)CC1. The average molecular weight is 343 g/mol. The summed E-state index contributed by atoms with van der Waals surface area (Å²) in [4.78, 5) is 24.5. The summed E-state index contributed by atoms with van der Waals surface area (Å²) in [5, 5.41) is 2.56. The van der Waals surface area contributed by atoms with Crippen molar-refractivity contribution in [1.29, 1.82) is 0 Å². The van der Waals surface area contributed by atoms with Crippen molar-refractivity contribution in [2.24, 2.45) is 5.92 Å². The zero-order valence-electron chi connectivity index (χ0n) is 10.9. The molecule has 0 bridgehead atoms. The Balaban J connectivity index is 1.85. The number of hydrogen-bond acceptors (Lipinski definition) is 3. The molecular weight excluding hydrogens is 327 g/mol. The Morgan fingerprint density at radius 2 is 2.15 bits per heavy atom. The van der Waals surface area contributed by atoms with Crippen LogP contribution >= 0.6 is 15.9 Å². The number of aldehydes is 1. The van der Waals surface area contributed by atoms with Crippen LogP contribution in [0.5, 0.6) is 0 Å². The van der Waals surface area contributed by atoms with Gasteiger partial charge in [0.2, 0.25) is 5.91 Å². The number of anilines is 1. The van der Waals surface area contributed by atoms with E-state index in [4.69, 9.17) is 0 Å². The molecule has 1 heterocycles. The van der Waals surface area contributed by atoms with Crippen molar-refractivity contribution in [3.8, 4) is 0 Å². The van der Waals surface area contributed by atoms with Crippen molar-refractivity contribution in [3.63, 3.8) is 0 Å². The predicted octanol–water partition coefficient (Wildman–Crippen LogP) is 2.44. The third-order valence-electron chi connectivity index (χ3n) is 3.40. The lowest BCUT2D eigenvalue weighted by Crippen LogP contribution is -2.39. The molecule has 1 aromatic rings. The normalized spacial score (nSPS) is 16.9. The third kappa shape index (κ3) is 4.11. The monoisotopic (exact) mass is 342 g/mol. The first-order chi connectivity index (χ1) is 9.58. The van der Waals surface area contributed by atoms with E-state index in [1.54, 1.807) is 6.07 Å². The Morgan fingerprint density at radius 1 is 1.45 bits per heavy atom. The number of halogens is 2. The van der Waals surface area contributed by atoms with Crippen molar-refractivity contribution < 1.29 is 14.0 Å². The average Bonchev–Trinajstić information content (AvgIpc) is 2.43. The summed E-state index contributed by atoms with van der Waals surface area (Å²) >= 11 is 3.17. The molecule has 1 saturated heterocycles. The van der Waals surface area contributed by atoms with Crippen molar-refractivity contribution >= 4 is 33.8 Å². The van der Waals surface area contributed by atoms with E-state index in [2.05, 4.69) is 21.2 Å². The molecule has 1 aromatic carbocycles. The second-order valence-corrected chi connectivity index (χ2v) is 5.84. The van der Waals surface area contributed by atoms with Gasteiger partial charge in [0.05, 0.1) is 12.2 Å². The first kappa shape index (κ1) is 15.1. The van der Waals surface area contributed by atoms with Gasteiger partial charge in [0.1, 0.15) is 12.1 Å². The highest BCUT2D eigenvalue weighted by atomic mass is 79.9. The molecule has 0 spiro atoms. The van der Waals surface area contributed by atoms with E-state index < -0.39 is 5.82 Å². The van der Waals surface area contributed by atoms with Crippen LogP contribution in [-0.4, -0.2) is 36.7 Å². The predicted molar refractivity (Wildman–Crippen MR) is 78.0 cm³/mol. The van der Waals surface area contributed by atoms with Gasteiger partial charge in [0.25, 0.3) is 0 Å². The standard InChI is InChI=1S/C14H16BrFN2O2/c15-11-1-2-13(12(16)7-11)17-14(20)8-18-5-3-10(9-19)4-6-18/h1-2,7,9-10H,3-6,8H2,(H,17,20). The number of nitrogens with zero attached hydrogens (tertiary/aromatic N) is 1. The van der Waals surface area contributed by atoms with Gasteiger partial charge in [0, 0.05) is 10.4 Å². The molecule has 108 valence electrons. The van der Waals surface area contributed by atoms with Gasteiger partial charge in [0.15, 0.2) is 0 Å². The molecule has 0 radical (unpaired) electrons. The summed E-state index contributed by atoms with van der Waals surface area (Å²) in [6.07, 6.45) is 2.54. The quantitative estimate of drug-likeness (QED) is 0.855. The largest absolute Gasteiger partial charge is 0.322 e. The third-order valence-corrected chi connectivity index (χ3v) is 3.89. The number of benzene rings is 1. The Morgan fingerprint density at radius 3 is 2.75 bits per heavy atom. The first-order valence-corrected chi connectivity index (χ1v) is 7.30. The summed E-state index contributed by atoms with van der Waals surface area (Å²) < 4.78 is 14.2. The zero-order valence-corrected chi connectivity index (χ0v) is 12.5. The van der Waals surface area contributed by atoms with Crippen LogP contribution in [0.4, 0.5) is 10.1 Å². The number of amides is 1. The topological polar surface area (TPSA) is 49.4 Å². The molecule has 6 heteroatoms. The fraction of sp³-hybridized carbons (Fsp3) is 0.429. The van der Waals surface area contributed by atoms with Crippen LogP contribution in [0.25, 0.3) is 0 Å². The Labute approximate surface area is 125 Å². The molecule has 1 fully saturated rings. The lowest BCUT2D eigenvalue weighted by Gasteiger charge is -2.28. The van der Waals surface area contributed by atoms with Gasteiger partial charge in [-0.15, -0.1) is 0 Å². The smallest absolute Gasteiger partial charge is 0.238 e. The molecule has 0 unspecified atom stereocenters. The molecule has 0 aliphatic carbocycles. The van der Waals surface area contributed by atoms with Crippen molar-refractivity contribution in [1.82, 2.24) is 4.90 Å². The van der Waals surface area contributed by atoms with E-state index in [1.807, 2.05) is 4.90 Å². The van der Waals surface area contributed by atoms with Crippen molar-refractivity contribution in [2.75, 3.05) is 25.0 Å². The van der Waals surface area contributed by atoms with Gasteiger partial charge < -0.3 is 10.1 Å². The van der Waals surface area contributed by atoms with Crippen LogP contribution < -0.4 is 5.32 Å². The van der Waals surface area contributed by atoms with E-state index >= 15 is 0 Å². The molecule has 1 aliphatic heterocycles. The molecule has 1 N–H and O–H groups in total.